The SMILES string of the molecule is Cc1nn(Cc2ccc(Br)cc2)c(C)c1NC(=O)[C@@H]1CC(c2cccc(Br)c2)=NO1. The van der Waals surface area contributed by atoms with Gasteiger partial charge in [-0.25, -0.2) is 0 Å². The van der Waals surface area contributed by atoms with Gasteiger partial charge in [-0.3, -0.25) is 9.48 Å². The standard InChI is InChI=1S/C22H20Br2N4O2/c1-13-21(14(2)28(26-13)12-15-6-8-17(23)9-7-15)25-22(29)20-11-19(27-30-20)16-4-3-5-18(24)10-16/h3-10,20H,11-12H2,1-2H3,(H,25,29)/t20-/m0/s1. The Balaban J connectivity index is 1.44. The number of anilines is 1. The zero-order valence-corrected chi connectivity index (χ0v) is 19.7. The van der Waals surface area contributed by atoms with Crippen LogP contribution in [0.2, 0.25) is 0 Å². The van der Waals surface area contributed by atoms with Crippen LogP contribution in [0, 0.1) is 13.8 Å². The third kappa shape index (κ3) is 4.49. The molecule has 1 atom stereocenters. The molecule has 0 unspecified atom stereocenters. The van der Waals surface area contributed by atoms with Gasteiger partial charge in [0.1, 0.15) is 0 Å². The molecule has 154 valence electrons. The summed E-state index contributed by atoms with van der Waals surface area (Å²) in [7, 11) is 0. The maximum atomic E-state index is 12.8. The lowest BCUT2D eigenvalue weighted by Gasteiger charge is -2.10. The molecule has 2 heterocycles. The highest BCUT2D eigenvalue weighted by atomic mass is 79.9. The fourth-order valence-corrected chi connectivity index (χ4v) is 4.02. The number of nitrogens with one attached hydrogen (secondary N) is 1. The number of benzene rings is 2. The largest absolute Gasteiger partial charge is 0.382 e. The molecule has 30 heavy (non-hydrogen) atoms. The minimum atomic E-state index is -0.660. The van der Waals surface area contributed by atoms with Crippen molar-refractivity contribution in [1.29, 1.82) is 0 Å². The molecule has 4 rings (SSSR count). The highest BCUT2D eigenvalue weighted by molar-refractivity contribution is 9.10. The Labute approximate surface area is 191 Å². The number of carbonyl (C=O) groups excluding carboxylic acids is 1. The zero-order valence-electron chi connectivity index (χ0n) is 16.5. The topological polar surface area (TPSA) is 68.5 Å². The Morgan fingerprint density at radius 2 is 1.93 bits per heavy atom. The molecule has 1 amide bonds. The Kier molecular flexibility index (Phi) is 6.06. The molecule has 0 bridgehead atoms. The summed E-state index contributed by atoms with van der Waals surface area (Å²) in [6.07, 6.45) is -0.236. The van der Waals surface area contributed by atoms with Gasteiger partial charge in [-0.1, -0.05) is 61.3 Å². The first kappa shape index (κ1) is 20.8. The van der Waals surface area contributed by atoms with Crippen LogP contribution in [0.3, 0.4) is 0 Å². The van der Waals surface area contributed by atoms with Gasteiger partial charge >= 0.3 is 0 Å². The molecule has 1 aromatic heterocycles. The van der Waals surface area contributed by atoms with Gasteiger partial charge in [0.2, 0.25) is 6.10 Å². The number of nitrogens with zero attached hydrogens (tertiary/aromatic N) is 3. The minimum Gasteiger partial charge on any atom is -0.382 e. The van der Waals surface area contributed by atoms with Crippen LogP contribution in [0.4, 0.5) is 5.69 Å². The summed E-state index contributed by atoms with van der Waals surface area (Å²) in [4.78, 5) is 18.2. The van der Waals surface area contributed by atoms with Crippen LogP contribution in [-0.2, 0) is 16.2 Å². The molecule has 0 fully saturated rings. The van der Waals surface area contributed by atoms with E-state index in [1.165, 1.54) is 0 Å². The predicted molar refractivity (Wildman–Crippen MR) is 124 cm³/mol. The van der Waals surface area contributed by atoms with E-state index in [9.17, 15) is 4.79 Å². The van der Waals surface area contributed by atoms with Crippen LogP contribution >= 0.6 is 31.9 Å². The molecule has 1 N–H and O–H groups in total. The number of hydrogen-bond acceptors (Lipinski definition) is 4. The number of carbonyl (C=O) groups is 1. The van der Waals surface area contributed by atoms with Crippen LogP contribution in [0.5, 0.6) is 0 Å². The van der Waals surface area contributed by atoms with Gasteiger partial charge in [0.25, 0.3) is 5.91 Å². The van der Waals surface area contributed by atoms with E-state index in [1.807, 2.05) is 67.1 Å². The van der Waals surface area contributed by atoms with Crippen molar-refractivity contribution >= 4 is 49.2 Å². The average Bonchev–Trinajstić information content (AvgIpc) is 3.31. The van der Waals surface area contributed by atoms with Crippen LogP contribution in [0.25, 0.3) is 0 Å². The highest BCUT2D eigenvalue weighted by Crippen LogP contribution is 2.24. The van der Waals surface area contributed by atoms with Crippen molar-refractivity contribution in [2.24, 2.45) is 5.16 Å². The molecule has 6 nitrogen and oxygen atoms in total. The van der Waals surface area contributed by atoms with E-state index in [2.05, 4.69) is 47.4 Å². The van der Waals surface area contributed by atoms with E-state index in [1.54, 1.807) is 0 Å². The van der Waals surface area contributed by atoms with E-state index < -0.39 is 6.10 Å². The lowest BCUT2D eigenvalue weighted by atomic mass is 10.0. The molecule has 3 aromatic rings. The molecule has 0 radical (unpaired) electrons. The average molecular weight is 532 g/mol. The zero-order chi connectivity index (χ0) is 21.3. The third-order valence-electron chi connectivity index (χ3n) is 4.99. The summed E-state index contributed by atoms with van der Waals surface area (Å²) < 4.78 is 3.89. The van der Waals surface area contributed by atoms with Crippen molar-refractivity contribution in [3.63, 3.8) is 0 Å². The normalized spacial score (nSPS) is 15.6. The maximum absolute atomic E-state index is 12.8. The quantitative estimate of drug-likeness (QED) is 0.491. The van der Waals surface area contributed by atoms with E-state index in [0.29, 0.717) is 13.0 Å². The van der Waals surface area contributed by atoms with Crippen molar-refractivity contribution in [1.82, 2.24) is 9.78 Å². The third-order valence-corrected chi connectivity index (χ3v) is 6.02. The summed E-state index contributed by atoms with van der Waals surface area (Å²) >= 11 is 6.91. The number of rotatable bonds is 5. The second kappa shape index (κ2) is 8.73. The van der Waals surface area contributed by atoms with Crippen LogP contribution in [-0.4, -0.2) is 27.5 Å². The fourth-order valence-electron chi connectivity index (χ4n) is 3.35. The van der Waals surface area contributed by atoms with E-state index in [0.717, 1.165) is 42.9 Å². The smallest absolute Gasteiger partial charge is 0.268 e. The van der Waals surface area contributed by atoms with Gasteiger partial charge < -0.3 is 10.2 Å². The van der Waals surface area contributed by atoms with Crippen LogP contribution in [0.15, 0.2) is 62.6 Å². The predicted octanol–water partition coefficient (Wildman–Crippen LogP) is 5.20. The highest BCUT2D eigenvalue weighted by Gasteiger charge is 2.30. The van der Waals surface area contributed by atoms with Crippen molar-refractivity contribution in [3.05, 3.63) is 80.0 Å². The summed E-state index contributed by atoms with van der Waals surface area (Å²) in [5.74, 6) is -0.224. The minimum absolute atomic E-state index is 0.224. The summed E-state index contributed by atoms with van der Waals surface area (Å²) in [5.41, 5.74) is 5.22. The molecule has 8 heteroatoms. The molecule has 0 aliphatic carbocycles. The first-order valence-corrected chi connectivity index (χ1v) is 11.1. The van der Waals surface area contributed by atoms with E-state index in [4.69, 9.17) is 4.84 Å². The van der Waals surface area contributed by atoms with E-state index >= 15 is 0 Å². The van der Waals surface area contributed by atoms with Gasteiger partial charge in [0, 0.05) is 20.9 Å². The number of hydrogen-bond donors (Lipinski definition) is 1. The van der Waals surface area contributed by atoms with Crippen molar-refractivity contribution < 1.29 is 9.63 Å². The molecule has 0 saturated carbocycles. The van der Waals surface area contributed by atoms with Crippen molar-refractivity contribution in [3.8, 4) is 0 Å². The number of amides is 1. The Hall–Kier alpha value is -2.45. The lowest BCUT2D eigenvalue weighted by molar-refractivity contribution is -0.125. The van der Waals surface area contributed by atoms with Gasteiger partial charge in [-0.15, -0.1) is 0 Å². The molecular weight excluding hydrogens is 512 g/mol. The second-order valence-corrected chi connectivity index (χ2v) is 9.00. The van der Waals surface area contributed by atoms with Crippen molar-refractivity contribution in [2.75, 3.05) is 5.32 Å². The first-order chi connectivity index (χ1) is 14.4. The van der Waals surface area contributed by atoms with Gasteiger partial charge in [-0.05, 0) is 43.7 Å². The molecule has 0 saturated heterocycles. The van der Waals surface area contributed by atoms with Gasteiger partial charge in [-0.2, -0.15) is 5.10 Å². The van der Waals surface area contributed by atoms with Gasteiger partial charge in [0.15, 0.2) is 0 Å². The van der Waals surface area contributed by atoms with Gasteiger partial charge in [0.05, 0.1) is 29.3 Å². The van der Waals surface area contributed by atoms with Crippen LogP contribution < -0.4 is 5.32 Å². The Morgan fingerprint density at radius 3 is 2.67 bits per heavy atom. The summed E-state index contributed by atoms with van der Waals surface area (Å²) in [5, 5.41) is 11.7. The summed E-state index contributed by atoms with van der Waals surface area (Å²) in [6, 6.07) is 15.9. The fraction of sp³-hybridized carbons (Fsp3) is 0.227. The second-order valence-electron chi connectivity index (χ2n) is 7.17. The summed E-state index contributed by atoms with van der Waals surface area (Å²) in [6.45, 7) is 4.47. The first-order valence-electron chi connectivity index (χ1n) is 9.48. The number of aryl methyl sites for hydroxylation is 1. The Morgan fingerprint density at radius 1 is 1.17 bits per heavy atom. The number of halogens is 2. The molecule has 1 aliphatic heterocycles. The molecule has 0 spiro atoms. The molecular formula is C22H20Br2N4O2. The van der Waals surface area contributed by atoms with E-state index in [-0.39, 0.29) is 5.91 Å². The lowest BCUT2D eigenvalue weighted by Crippen LogP contribution is -2.28. The maximum Gasteiger partial charge on any atom is 0.268 e. The molecule has 1 aliphatic rings. The van der Waals surface area contributed by atoms with Crippen molar-refractivity contribution in [2.45, 2.75) is 32.9 Å². The Bertz CT molecular complexity index is 1120. The number of oxime groups is 1. The number of aromatic nitrogens is 2. The van der Waals surface area contributed by atoms with Crippen LogP contribution in [0.1, 0.15) is 28.9 Å². The molecule has 2 aromatic carbocycles. The monoisotopic (exact) mass is 530 g/mol.